The second kappa shape index (κ2) is 11.3. The van der Waals surface area contributed by atoms with Gasteiger partial charge in [-0.25, -0.2) is 4.98 Å². The first-order chi connectivity index (χ1) is 20.9. The number of ether oxygens (including phenoxy) is 2. The molecule has 3 aromatic rings. The Morgan fingerprint density at radius 1 is 1.00 bits per heavy atom. The second-order valence-corrected chi connectivity index (χ2v) is 12.9. The number of aromatic nitrogens is 2. The van der Waals surface area contributed by atoms with Gasteiger partial charge in [0.2, 0.25) is 11.8 Å². The van der Waals surface area contributed by atoms with Crippen molar-refractivity contribution in [3.63, 3.8) is 0 Å². The number of piperazine rings is 1. The van der Waals surface area contributed by atoms with Gasteiger partial charge in [0.1, 0.15) is 11.5 Å². The predicted octanol–water partition coefficient (Wildman–Crippen LogP) is 5.07. The third-order valence-corrected chi connectivity index (χ3v) is 10.2. The normalized spacial score (nSPS) is 20.4. The van der Waals surface area contributed by atoms with Gasteiger partial charge in [-0.2, -0.15) is 4.98 Å². The highest BCUT2D eigenvalue weighted by molar-refractivity contribution is 9.10. The summed E-state index contributed by atoms with van der Waals surface area (Å²) in [4.78, 5) is 31.6. The standard InChI is InChI=1S/C32H38BrN7O3/c1-37-15-17-40(18-16-37)21-9-13-39(14-10-21)22-7-8-25(27(19-22)42-3)35-31-34-20-24(33)29(36-31)43-26-6-4-5-23-28(26)30(41)38(2)32(23)11-12-32/h4-8,19-21H,9-18H2,1-3H3,(H,34,35,36). The van der Waals surface area contributed by atoms with Crippen LogP contribution in [0, 0.1) is 0 Å². The largest absolute Gasteiger partial charge is 0.494 e. The fourth-order valence-corrected chi connectivity index (χ4v) is 7.13. The molecule has 0 bridgehead atoms. The summed E-state index contributed by atoms with van der Waals surface area (Å²) < 4.78 is 12.6. The van der Waals surface area contributed by atoms with Crippen molar-refractivity contribution >= 4 is 39.2 Å². The van der Waals surface area contributed by atoms with Crippen LogP contribution in [-0.2, 0) is 5.54 Å². The van der Waals surface area contributed by atoms with Gasteiger partial charge < -0.3 is 29.5 Å². The van der Waals surface area contributed by atoms with E-state index >= 15 is 0 Å². The Bertz CT molecular complexity index is 1530. The van der Waals surface area contributed by atoms with E-state index in [0.717, 1.165) is 61.7 Å². The van der Waals surface area contributed by atoms with E-state index in [1.165, 1.54) is 25.9 Å². The Morgan fingerprint density at radius 3 is 2.49 bits per heavy atom. The molecule has 1 amide bonds. The number of hydrogen-bond acceptors (Lipinski definition) is 9. The number of piperidine rings is 1. The number of benzene rings is 2. The lowest BCUT2D eigenvalue weighted by molar-refractivity contribution is 0.0753. The number of anilines is 3. The van der Waals surface area contributed by atoms with Crippen molar-refractivity contribution in [2.45, 2.75) is 37.3 Å². The maximum atomic E-state index is 13.1. The number of hydrogen-bond donors (Lipinski definition) is 1. The zero-order chi connectivity index (χ0) is 29.7. The van der Waals surface area contributed by atoms with Gasteiger partial charge in [-0.3, -0.25) is 9.69 Å². The molecule has 4 aliphatic rings. The number of halogens is 1. The Balaban J connectivity index is 1.05. The maximum Gasteiger partial charge on any atom is 0.258 e. The third kappa shape index (κ3) is 5.21. The topological polar surface area (TPSA) is 86.3 Å². The SMILES string of the molecule is COc1cc(N2CCC(N3CCN(C)CC3)CC2)ccc1Nc1ncc(Br)c(Oc2cccc3c2C(=O)N(C)C32CC2)n1. The minimum absolute atomic E-state index is 0.0139. The molecular formula is C32H38BrN7O3. The van der Waals surface area contributed by atoms with E-state index in [1.807, 2.05) is 36.2 Å². The van der Waals surface area contributed by atoms with Crippen LogP contribution in [0.2, 0.25) is 0 Å². The highest BCUT2D eigenvalue weighted by Crippen LogP contribution is 2.57. The number of nitrogens with one attached hydrogen (secondary N) is 1. The molecule has 7 rings (SSSR count). The summed E-state index contributed by atoms with van der Waals surface area (Å²) in [5, 5.41) is 3.30. The van der Waals surface area contributed by atoms with E-state index < -0.39 is 0 Å². The van der Waals surface area contributed by atoms with Crippen LogP contribution in [0.3, 0.4) is 0 Å². The van der Waals surface area contributed by atoms with E-state index in [2.05, 4.69) is 65.1 Å². The zero-order valence-corrected chi connectivity index (χ0v) is 26.6. The predicted molar refractivity (Wildman–Crippen MR) is 170 cm³/mol. The van der Waals surface area contributed by atoms with Crippen LogP contribution in [-0.4, -0.2) is 97.1 Å². The summed E-state index contributed by atoms with van der Waals surface area (Å²) in [6, 6.07) is 12.7. The average molecular weight is 649 g/mol. The van der Waals surface area contributed by atoms with Crippen molar-refractivity contribution in [3.05, 3.63) is 58.2 Å². The summed E-state index contributed by atoms with van der Waals surface area (Å²) in [7, 11) is 5.76. The van der Waals surface area contributed by atoms with Gasteiger partial charge in [0.05, 0.1) is 34.6 Å². The smallest absolute Gasteiger partial charge is 0.258 e. The number of carbonyl (C=O) groups excluding carboxylic acids is 1. The molecule has 3 aliphatic heterocycles. The molecule has 226 valence electrons. The molecule has 0 atom stereocenters. The van der Waals surface area contributed by atoms with Crippen LogP contribution >= 0.6 is 15.9 Å². The number of likely N-dealkylation sites (N-methyl/N-ethyl adjacent to an activating group) is 1. The number of nitrogens with zero attached hydrogens (tertiary/aromatic N) is 6. The molecule has 1 aromatic heterocycles. The van der Waals surface area contributed by atoms with Crippen LogP contribution < -0.4 is 19.7 Å². The first kappa shape index (κ1) is 28.4. The quantitative estimate of drug-likeness (QED) is 0.378. The van der Waals surface area contributed by atoms with Gasteiger partial charge in [0, 0.05) is 64.1 Å². The minimum atomic E-state index is -0.176. The molecule has 0 radical (unpaired) electrons. The highest BCUT2D eigenvalue weighted by Gasteiger charge is 2.57. The van der Waals surface area contributed by atoms with Crippen molar-refractivity contribution in [1.82, 2.24) is 24.7 Å². The van der Waals surface area contributed by atoms with Crippen molar-refractivity contribution in [1.29, 1.82) is 0 Å². The molecular weight excluding hydrogens is 610 g/mol. The van der Waals surface area contributed by atoms with E-state index in [-0.39, 0.29) is 11.4 Å². The molecule has 1 spiro atoms. The van der Waals surface area contributed by atoms with Gasteiger partial charge in [0.25, 0.3) is 5.91 Å². The van der Waals surface area contributed by atoms with Crippen LogP contribution in [0.4, 0.5) is 17.3 Å². The van der Waals surface area contributed by atoms with Crippen LogP contribution in [0.25, 0.3) is 0 Å². The van der Waals surface area contributed by atoms with Gasteiger partial charge in [-0.1, -0.05) is 12.1 Å². The molecule has 10 nitrogen and oxygen atoms in total. The lowest BCUT2D eigenvalue weighted by atomic mass is 10.0. The first-order valence-corrected chi connectivity index (χ1v) is 15.9. The molecule has 43 heavy (non-hydrogen) atoms. The minimum Gasteiger partial charge on any atom is -0.494 e. The molecule has 1 saturated carbocycles. The van der Waals surface area contributed by atoms with Crippen molar-refractivity contribution in [3.8, 4) is 17.4 Å². The van der Waals surface area contributed by atoms with E-state index in [1.54, 1.807) is 13.3 Å². The molecule has 2 saturated heterocycles. The molecule has 11 heteroatoms. The van der Waals surface area contributed by atoms with Gasteiger partial charge in [0.15, 0.2) is 0 Å². The number of amides is 1. The van der Waals surface area contributed by atoms with E-state index in [4.69, 9.17) is 9.47 Å². The number of methoxy groups -OCH3 is 1. The lowest BCUT2D eigenvalue weighted by Crippen LogP contribution is -2.52. The Hall–Kier alpha value is -3.41. The Labute approximate surface area is 261 Å². The summed E-state index contributed by atoms with van der Waals surface area (Å²) in [5.41, 5.74) is 3.40. The first-order valence-electron chi connectivity index (χ1n) is 15.1. The number of fused-ring (bicyclic) bond motifs is 2. The summed E-state index contributed by atoms with van der Waals surface area (Å²) in [5.74, 6) is 1.91. The number of rotatable bonds is 7. The molecule has 3 fully saturated rings. The maximum absolute atomic E-state index is 13.1. The molecule has 4 heterocycles. The van der Waals surface area contributed by atoms with Gasteiger partial charge >= 0.3 is 0 Å². The van der Waals surface area contributed by atoms with Gasteiger partial charge in [-0.15, -0.1) is 0 Å². The van der Waals surface area contributed by atoms with Crippen molar-refractivity contribution in [2.24, 2.45) is 0 Å². The zero-order valence-electron chi connectivity index (χ0n) is 25.0. The molecule has 1 N–H and O–H groups in total. The monoisotopic (exact) mass is 647 g/mol. The highest BCUT2D eigenvalue weighted by atomic mass is 79.9. The van der Waals surface area contributed by atoms with E-state index in [0.29, 0.717) is 33.7 Å². The summed E-state index contributed by atoms with van der Waals surface area (Å²) in [6.45, 7) is 6.73. The molecule has 2 aromatic carbocycles. The molecule has 1 aliphatic carbocycles. The fourth-order valence-electron chi connectivity index (χ4n) is 6.85. The van der Waals surface area contributed by atoms with Crippen LogP contribution in [0.5, 0.6) is 17.4 Å². The lowest BCUT2D eigenvalue weighted by Gasteiger charge is -2.42. The Kier molecular flexibility index (Phi) is 7.43. The number of carbonyl (C=O) groups is 1. The van der Waals surface area contributed by atoms with Crippen LogP contribution in [0.15, 0.2) is 47.1 Å². The second-order valence-electron chi connectivity index (χ2n) is 12.1. The Morgan fingerprint density at radius 2 is 1.77 bits per heavy atom. The van der Waals surface area contributed by atoms with E-state index in [9.17, 15) is 4.79 Å². The third-order valence-electron chi connectivity index (χ3n) is 9.65. The summed E-state index contributed by atoms with van der Waals surface area (Å²) in [6.07, 6.45) is 5.96. The molecule has 0 unspecified atom stereocenters. The van der Waals surface area contributed by atoms with Crippen molar-refractivity contribution in [2.75, 3.05) is 70.7 Å². The summed E-state index contributed by atoms with van der Waals surface area (Å²) >= 11 is 3.52. The van der Waals surface area contributed by atoms with Crippen molar-refractivity contribution < 1.29 is 14.3 Å². The fraction of sp³-hybridized carbons (Fsp3) is 0.469. The average Bonchev–Trinajstić information content (AvgIpc) is 3.81. The van der Waals surface area contributed by atoms with Crippen LogP contribution in [0.1, 0.15) is 41.6 Å². The van der Waals surface area contributed by atoms with Gasteiger partial charge in [-0.05, 0) is 72.4 Å².